The third kappa shape index (κ3) is 4.81. The molecule has 114 valence electrons. The Kier molecular flexibility index (Phi) is 6.59. The number of halogens is 1. The predicted molar refractivity (Wildman–Crippen MR) is 82.7 cm³/mol. The summed E-state index contributed by atoms with van der Waals surface area (Å²) in [4.78, 5) is 12.4. The van der Waals surface area contributed by atoms with Crippen molar-refractivity contribution in [2.45, 2.75) is 58.9 Å². The monoisotopic (exact) mass is 321 g/mol. The number of aromatic nitrogens is 2. The van der Waals surface area contributed by atoms with Gasteiger partial charge in [-0.2, -0.15) is 5.10 Å². The van der Waals surface area contributed by atoms with Crippen molar-refractivity contribution >= 4 is 25.9 Å². The Morgan fingerprint density at radius 1 is 1.25 bits per heavy atom. The Morgan fingerprint density at radius 2 is 1.75 bits per heavy atom. The van der Waals surface area contributed by atoms with Gasteiger partial charge in [-0.25, -0.2) is 13.7 Å². The minimum absolute atomic E-state index is 0.0443. The summed E-state index contributed by atoms with van der Waals surface area (Å²) >= 11 is 6.29. The van der Waals surface area contributed by atoms with Crippen molar-refractivity contribution in [2.24, 2.45) is 0 Å². The first-order valence-corrected chi connectivity index (χ1v) is 8.47. The van der Waals surface area contributed by atoms with E-state index in [1.165, 1.54) is 4.68 Å². The van der Waals surface area contributed by atoms with Crippen LogP contribution in [0.3, 0.4) is 0 Å². The first-order valence-electron chi connectivity index (χ1n) is 6.64. The topological polar surface area (TPSA) is 53.4 Å². The van der Waals surface area contributed by atoms with E-state index in [4.69, 9.17) is 20.6 Å². The fourth-order valence-electron chi connectivity index (χ4n) is 1.67. The summed E-state index contributed by atoms with van der Waals surface area (Å²) in [6.45, 7) is 11.2. The fourth-order valence-corrected chi connectivity index (χ4v) is 3.62. The highest BCUT2D eigenvalue weighted by atomic mass is 35.5. The van der Waals surface area contributed by atoms with Crippen LogP contribution in [-0.2, 0) is 9.05 Å². The van der Waals surface area contributed by atoms with E-state index in [0.29, 0.717) is 0 Å². The maximum atomic E-state index is 12.4. The summed E-state index contributed by atoms with van der Waals surface area (Å²) in [7, 11) is -1.92. The van der Waals surface area contributed by atoms with Gasteiger partial charge in [0.25, 0.3) is 13.5 Å². The predicted octanol–water partition coefficient (Wildman–Crippen LogP) is 3.60. The zero-order chi connectivity index (χ0) is 15.4. The van der Waals surface area contributed by atoms with Gasteiger partial charge in [-0.15, -0.1) is 0 Å². The van der Waals surface area contributed by atoms with Crippen LogP contribution in [0, 0.1) is 13.8 Å². The number of carbonyl (C=O) groups is 1. The molecule has 5 nitrogen and oxygen atoms in total. The Bertz CT molecular complexity index is 452. The van der Waals surface area contributed by atoms with Crippen LogP contribution >= 0.6 is 20.0 Å². The molecule has 0 saturated carbocycles. The van der Waals surface area contributed by atoms with Crippen LogP contribution in [0.2, 0.25) is 0 Å². The number of rotatable bonds is 6. The van der Waals surface area contributed by atoms with E-state index in [1.807, 2.05) is 47.6 Å². The van der Waals surface area contributed by atoms with Gasteiger partial charge >= 0.3 is 5.91 Å². The lowest BCUT2D eigenvalue weighted by molar-refractivity contribution is 0.0896. The lowest BCUT2D eigenvalue weighted by atomic mass is 10.4. The summed E-state index contributed by atoms with van der Waals surface area (Å²) in [6.07, 6.45) is -0.0886. The number of nitrogens with zero attached hydrogens (tertiary/aromatic N) is 2. The van der Waals surface area contributed by atoms with Gasteiger partial charge < -0.3 is 0 Å². The van der Waals surface area contributed by atoms with Gasteiger partial charge in [0.15, 0.2) is 0 Å². The molecule has 1 unspecified atom stereocenters. The normalized spacial score (nSPS) is 13.5. The van der Waals surface area contributed by atoms with Crippen LogP contribution in [-0.4, -0.2) is 33.0 Å². The number of aryl methyl sites for hydroxylation is 2. The first kappa shape index (κ1) is 17.6. The summed E-state index contributed by atoms with van der Waals surface area (Å²) in [5, 5.41) is 3.32. The van der Waals surface area contributed by atoms with Crippen molar-refractivity contribution in [1.29, 1.82) is 0 Å². The van der Waals surface area contributed by atoms with Gasteiger partial charge in [0.05, 0.1) is 17.9 Å². The van der Waals surface area contributed by atoms with Gasteiger partial charge in [-0.3, -0.25) is 4.79 Å². The molecule has 1 aromatic heterocycles. The van der Waals surface area contributed by atoms with Crippen molar-refractivity contribution in [1.82, 2.24) is 9.78 Å². The largest absolute Gasteiger partial charge is 0.309 e. The van der Waals surface area contributed by atoms with E-state index in [-0.39, 0.29) is 18.1 Å². The maximum absolute atomic E-state index is 12.4. The number of hydrogen-bond donors (Lipinski definition) is 0. The quantitative estimate of drug-likeness (QED) is 0.593. The molecule has 0 aliphatic carbocycles. The fraction of sp³-hybridized carbons (Fsp3) is 0.692. The molecule has 0 aliphatic heterocycles. The van der Waals surface area contributed by atoms with E-state index < -0.39 is 13.5 Å². The molecule has 0 amide bonds. The molecular weight excluding hydrogens is 299 g/mol. The van der Waals surface area contributed by atoms with Crippen LogP contribution < -0.4 is 0 Å². The molecule has 20 heavy (non-hydrogen) atoms. The van der Waals surface area contributed by atoms with Crippen LogP contribution in [0.4, 0.5) is 0 Å². The molecule has 0 aliphatic rings. The van der Waals surface area contributed by atoms with Crippen molar-refractivity contribution in [3.8, 4) is 0 Å². The molecule has 1 atom stereocenters. The second-order valence-corrected chi connectivity index (χ2v) is 7.68. The van der Waals surface area contributed by atoms with Crippen LogP contribution in [0.5, 0.6) is 0 Å². The van der Waals surface area contributed by atoms with E-state index >= 15 is 0 Å². The minimum Gasteiger partial charge on any atom is -0.266 e. The zero-order valence-corrected chi connectivity index (χ0v) is 14.6. The first-order chi connectivity index (χ1) is 9.22. The molecule has 0 aromatic carbocycles. The van der Waals surface area contributed by atoms with E-state index in [0.717, 1.165) is 11.4 Å². The van der Waals surface area contributed by atoms with Gasteiger partial charge in [-0.05, 0) is 47.6 Å². The lowest BCUT2D eigenvalue weighted by Crippen LogP contribution is -2.25. The highest BCUT2D eigenvalue weighted by Gasteiger charge is 2.40. The van der Waals surface area contributed by atoms with Gasteiger partial charge in [-0.1, -0.05) is 11.6 Å². The van der Waals surface area contributed by atoms with Gasteiger partial charge in [0.2, 0.25) is 0 Å². The summed E-state index contributed by atoms with van der Waals surface area (Å²) in [5.41, 5.74) is 1.54. The summed E-state index contributed by atoms with van der Waals surface area (Å²) in [5.74, 6) is -0.299. The molecule has 0 N–H and O–H groups in total. The van der Waals surface area contributed by atoms with Crippen molar-refractivity contribution < 1.29 is 13.8 Å². The molecule has 0 fully saturated rings. The maximum Gasteiger partial charge on any atom is 0.309 e. The Morgan fingerprint density at radius 3 is 2.10 bits per heavy atom. The summed E-state index contributed by atoms with van der Waals surface area (Å²) < 4.78 is 12.7. The van der Waals surface area contributed by atoms with E-state index in [9.17, 15) is 4.79 Å². The average Bonchev–Trinajstić information content (AvgIpc) is 2.64. The minimum atomic E-state index is -1.92. The highest BCUT2D eigenvalue weighted by molar-refractivity contribution is 7.51. The molecule has 7 heteroatoms. The Hall–Kier alpha value is -0.480. The second-order valence-electron chi connectivity index (χ2n) is 5.19. The SMILES string of the molecule is Cc1cc(C)n(C(=O)C(Cl)[PH+](OC(C)C)OC(C)C)n1. The number of carbonyl (C=O) groups excluding carboxylic acids is 1. The molecular formula is C13H23ClN2O3P+. The third-order valence-corrected chi connectivity index (χ3v) is 5.14. The van der Waals surface area contributed by atoms with Gasteiger partial charge in [0, 0.05) is 5.69 Å². The number of alkyl halides is 1. The molecule has 1 aromatic rings. The smallest absolute Gasteiger partial charge is 0.266 e. The van der Waals surface area contributed by atoms with Crippen molar-refractivity contribution in [3.05, 3.63) is 17.5 Å². The van der Waals surface area contributed by atoms with Crippen LogP contribution in [0.25, 0.3) is 0 Å². The van der Waals surface area contributed by atoms with Crippen molar-refractivity contribution in [2.75, 3.05) is 0 Å². The lowest BCUT2D eigenvalue weighted by Gasteiger charge is -2.17. The van der Waals surface area contributed by atoms with Crippen LogP contribution in [0.1, 0.15) is 43.9 Å². The summed E-state index contributed by atoms with van der Waals surface area (Å²) in [6, 6.07) is 1.83. The Balaban J connectivity index is 2.90. The van der Waals surface area contributed by atoms with Gasteiger partial charge in [0.1, 0.15) is 0 Å². The molecule has 0 spiro atoms. The molecule has 0 radical (unpaired) electrons. The molecule has 1 heterocycles. The molecule has 1 rings (SSSR count). The second kappa shape index (κ2) is 7.51. The molecule has 0 bridgehead atoms. The van der Waals surface area contributed by atoms with E-state index in [2.05, 4.69) is 5.10 Å². The average molecular weight is 322 g/mol. The zero-order valence-electron chi connectivity index (χ0n) is 12.8. The van der Waals surface area contributed by atoms with Crippen molar-refractivity contribution in [3.63, 3.8) is 0 Å². The highest BCUT2D eigenvalue weighted by Crippen LogP contribution is 2.48. The standard InChI is InChI=1S/C13H22ClN2O3P/c1-8(2)18-20(19-9(3)4)12(14)13(17)16-11(6)7-10(5)15-16/h7-9,12H,1-6H3/p+1. The third-order valence-electron chi connectivity index (χ3n) is 2.35. The Labute approximate surface area is 126 Å². The number of hydrogen-bond acceptors (Lipinski definition) is 4. The van der Waals surface area contributed by atoms with E-state index in [1.54, 1.807) is 0 Å². The molecule has 0 saturated heterocycles. The van der Waals surface area contributed by atoms with Crippen LogP contribution in [0.15, 0.2) is 6.07 Å².